The number of aryl methyl sites for hydroxylation is 1. The molecule has 18 heavy (non-hydrogen) atoms. The molecular weight excluding hydrogens is 228 g/mol. The van der Waals surface area contributed by atoms with E-state index in [0.29, 0.717) is 5.56 Å². The first-order valence-corrected chi connectivity index (χ1v) is 5.70. The van der Waals surface area contributed by atoms with Gasteiger partial charge < -0.3 is 9.64 Å². The highest BCUT2D eigenvalue weighted by atomic mass is 16.5. The number of fused-ring (bicyclic) bond motifs is 1. The van der Waals surface area contributed by atoms with Crippen LogP contribution in [0.2, 0.25) is 0 Å². The number of ether oxygens (including phenoxy) is 1. The first kappa shape index (κ1) is 12.4. The van der Waals surface area contributed by atoms with Crippen molar-refractivity contribution < 1.29 is 9.53 Å². The fourth-order valence-corrected chi connectivity index (χ4v) is 1.83. The van der Waals surface area contributed by atoms with Gasteiger partial charge in [-0.3, -0.25) is 9.78 Å². The second-order valence-electron chi connectivity index (χ2n) is 4.38. The van der Waals surface area contributed by atoms with Gasteiger partial charge in [-0.1, -0.05) is 0 Å². The first-order chi connectivity index (χ1) is 8.52. The Hall–Kier alpha value is -2.10. The molecule has 2 aromatic rings. The predicted octanol–water partition coefficient (Wildman–Crippen LogP) is 2.25. The van der Waals surface area contributed by atoms with E-state index in [2.05, 4.69) is 4.98 Å². The van der Waals surface area contributed by atoms with Gasteiger partial charge in [-0.25, -0.2) is 0 Å². The zero-order chi connectivity index (χ0) is 13.3. The van der Waals surface area contributed by atoms with E-state index < -0.39 is 0 Å². The van der Waals surface area contributed by atoms with Crippen molar-refractivity contribution in [2.75, 3.05) is 21.2 Å². The Labute approximate surface area is 106 Å². The number of carbonyl (C=O) groups is 1. The van der Waals surface area contributed by atoms with E-state index in [1.54, 1.807) is 26.1 Å². The van der Waals surface area contributed by atoms with Crippen molar-refractivity contribution in [3.8, 4) is 5.75 Å². The maximum absolute atomic E-state index is 12.0. The topological polar surface area (TPSA) is 42.4 Å². The second-order valence-corrected chi connectivity index (χ2v) is 4.38. The number of hydrogen-bond acceptors (Lipinski definition) is 3. The maximum atomic E-state index is 12.0. The molecule has 1 aromatic carbocycles. The minimum atomic E-state index is -0.0299. The van der Waals surface area contributed by atoms with Crippen LogP contribution in [0.15, 0.2) is 24.3 Å². The summed E-state index contributed by atoms with van der Waals surface area (Å²) >= 11 is 0. The number of aromatic nitrogens is 1. The lowest BCUT2D eigenvalue weighted by Crippen LogP contribution is -2.22. The van der Waals surface area contributed by atoms with Gasteiger partial charge in [0.1, 0.15) is 5.75 Å². The Kier molecular flexibility index (Phi) is 3.19. The molecule has 0 fully saturated rings. The first-order valence-electron chi connectivity index (χ1n) is 5.70. The lowest BCUT2D eigenvalue weighted by Gasteiger charge is -2.13. The molecule has 94 valence electrons. The smallest absolute Gasteiger partial charge is 0.255 e. The summed E-state index contributed by atoms with van der Waals surface area (Å²) in [7, 11) is 5.10. The minimum absolute atomic E-state index is 0.0299. The molecule has 2 rings (SSSR count). The SMILES string of the molecule is COc1ccc2cc(C(=O)N(C)C)c(C)nc2c1. The number of rotatable bonds is 2. The highest BCUT2D eigenvalue weighted by Gasteiger charge is 2.13. The van der Waals surface area contributed by atoms with Crippen LogP contribution in [0.1, 0.15) is 16.1 Å². The van der Waals surface area contributed by atoms with Crippen LogP contribution in [-0.2, 0) is 0 Å². The molecule has 0 bridgehead atoms. The third kappa shape index (κ3) is 2.14. The van der Waals surface area contributed by atoms with Crippen molar-refractivity contribution in [1.82, 2.24) is 9.88 Å². The average Bonchev–Trinajstić information content (AvgIpc) is 2.36. The van der Waals surface area contributed by atoms with E-state index in [1.807, 2.05) is 31.2 Å². The molecular formula is C14H16N2O2. The molecule has 0 spiro atoms. The van der Waals surface area contributed by atoms with Gasteiger partial charge in [-0.2, -0.15) is 0 Å². The monoisotopic (exact) mass is 244 g/mol. The second kappa shape index (κ2) is 4.64. The largest absolute Gasteiger partial charge is 0.497 e. The number of carbonyl (C=O) groups excluding carboxylic acids is 1. The summed E-state index contributed by atoms with van der Waals surface area (Å²) in [6.07, 6.45) is 0. The van der Waals surface area contributed by atoms with Crippen molar-refractivity contribution in [2.45, 2.75) is 6.92 Å². The summed E-state index contributed by atoms with van der Waals surface area (Å²) in [4.78, 5) is 18.0. The Morgan fingerprint density at radius 1 is 1.28 bits per heavy atom. The van der Waals surface area contributed by atoms with Crippen molar-refractivity contribution in [2.24, 2.45) is 0 Å². The lowest BCUT2D eigenvalue weighted by atomic mass is 10.1. The van der Waals surface area contributed by atoms with Gasteiger partial charge in [0, 0.05) is 25.5 Å². The predicted molar refractivity (Wildman–Crippen MR) is 71.0 cm³/mol. The van der Waals surface area contributed by atoms with Crippen LogP contribution in [0.4, 0.5) is 0 Å². The molecule has 0 aliphatic rings. The molecule has 1 amide bonds. The Morgan fingerprint density at radius 3 is 2.61 bits per heavy atom. The molecule has 0 N–H and O–H groups in total. The molecule has 0 saturated heterocycles. The third-order valence-electron chi connectivity index (χ3n) is 2.85. The van der Waals surface area contributed by atoms with E-state index in [4.69, 9.17) is 4.74 Å². The van der Waals surface area contributed by atoms with Gasteiger partial charge in [0.25, 0.3) is 5.91 Å². The standard InChI is InChI=1S/C14H16N2O2/c1-9-12(14(17)16(2)3)7-10-5-6-11(18-4)8-13(10)15-9/h5-8H,1-4H3. The van der Waals surface area contributed by atoms with E-state index in [1.165, 1.54) is 0 Å². The molecule has 0 unspecified atom stereocenters. The van der Waals surface area contributed by atoms with Crippen molar-refractivity contribution in [1.29, 1.82) is 0 Å². The molecule has 1 heterocycles. The Morgan fingerprint density at radius 2 is 2.00 bits per heavy atom. The van der Waals surface area contributed by atoms with E-state index in [9.17, 15) is 4.79 Å². The summed E-state index contributed by atoms with van der Waals surface area (Å²) in [5.41, 5.74) is 2.20. The van der Waals surface area contributed by atoms with Gasteiger partial charge >= 0.3 is 0 Å². The van der Waals surface area contributed by atoms with Crippen molar-refractivity contribution >= 4 is 16.8 Å². The van der Waals surface area contributed by atoms with Crippen LogP contribution < -0.4 is 4.74 Å². The van der Waals surface area contributed by atoms with Crippen LogP contribution in [0.3, 0.4) is 0 Å². The molecule has 1 aromatic heterocycles. The fraction of sp³-hybridized carbons (Fsp3) is 0.286. The normalized spacial score (nSPS) is 10.4. The molecule has 4 nitrogen and oxygen atoms in total. The maximum Gasteiger partial charge on any atom is 0.255 e. The number of pyridine rings is 1. The van der Waals surface area contributed by atoms with Gasteiger partial charge in [-0.05, 0) is 25.1 Å². The number of amides is 1. The third-order valence-corrected chi connectivity index (χ3v) is 2.85. The van der Waals surface area contributed by atoms with Crippen molar-refractivity contribution in [3.63, 3.8) is 0 Å². The number of methoxy groups -OCH3 is 1. The fourth-order valence-electron chi connectivity index (χ4n) is 1.83. The van der Waals surface area contributed by atoms with Crippen molar-refractivity contribution in [3.05, 3.63) is 35.5 Å². The van der Waals surface area contributed by atoms with Crippen LogP contribution >= 0.6 is 0 Å². The average molecular weight is 244 g/mol. The lowest BCUT2D eigenvalue weighted by molar-refractivity contribution is 0.0826. The molecule has 0 aliphatic carbocycles. The minimum Gasteiger partial charge on any atom is -0.497 e. The molecule has 4 heteroatoms. The summed E-state index contributed by atoms with van der Waals surface area (Å²) in [6, 6.07) is 7.52. The van der Waals surface area contributed by atoms with E-state index in [-0.39, 0.29) is 5.91 Å². The number of nitrogens with zero attached hydrogens (tertiary/aromatic N) is 2. The summed E-state index contributed by atoms with van der Waals surface area (Å²) in [5, 5.41) is 0.937. The number of benzene rings is 1. The molecule has 0 atom stereocenters. The van der Waals surface area contributed by atoms with Crippen LogP contribution in [0, 0.1) is 6.92 Å². The van der Waals surface area contributed by atoms with Gasteiger partial charge in [0.15, 0.2) is 0 Å². The highest BCUT2D eigenvalue weighted by molar-refractivity contribution is 5.98. The van der Waals surface area contributed by atoms with E-state index in [0.717, 1.165) is 22.3 Å². The zero-order valence-electron chi connectivity index (χ0n) is 11.0. The zero-order valence-corrected chi connectivity index (χ0v) is 11.0. The summed E-state index contributed by atoms with van der Waals surface area (Å²) in [5.74, 6) is 0.735. The van der Waals surface area contributed by atoms with E-state index >= 15 is 0 Å². The Bertz CT molecular complexity index is 606. The molecule has 0 saturated carbocycles. The molecule has 0 aliphatic heterocycles. The Balaban J connectivity index is 2.59. The summed E-state index contributed by atoms with van der Waals surface area (Å²) in [6.45, 7) is 1.84. The molecule has 0 radical (unpaired) electrons. The number of hydrogen-bond donors (Lipinski definition) is 0. The quantitative estimate of drug-likeness (QED) is 0.813. The summed E-state index contributed by atoms with van der Waals surface area (Å²) < 4.78 is 5.16. The van der Waals surface area contributed by atoms with Gasteiger partial charge in [0.2, 0.25) is 0 Å². The van der Waals surface area contributed by atoms with Gasteiger partial charge in [0.05, 0.1) is 23.9 Å². The van der Waals surface area contributed by atoms with Crippen LogP contribution in [0.25, 0.3) is 10.9 Å². The van der Waals surface area contributed by atoms with Crippen LogP contribution in [0.5, 0.6) is 5.75 Å². The van der Waals surface area contributed by atoms with Gasteiger partial charge in [-0.15, -0.1) is 0 Å². The highest BCUT2D eigenvalue weighted by Crippen LogP contribution is 2.22. The van der Waals surface area contributed by atoms with Crippen LogP contribution in [-0.4, -0.2) is 37.0 Å².